The SMILES string of the molecule is CCN(CC)C(=O)n1ccc(S(=O)(=O)Cc2ccccc2C)n1. The smallest absolute Gasteiger partial charge is 0.323 e. The summed E-state index contributed by atoms with van der Waals surface area (Å²) in [7, 11) is -3.59. The number of hydrogen-bond acceptors (Lipinski definition) is 4. The Kier molecular flexibility index (Phi) is 5.20. The number of rotatable bonds is 5. The molecule has 0 aliphatic rings. The molecule has 1 aromatic carbocycles. The molecule has 6 nitrogen and oxygen atoms in total. The van der Waals surface area contributed by atoms with Crippen LogP contribution in [0.15, 0.2) is 41.6 Å². The molecule has 124 valence electrons. The highest BCUT2D eigenvalue weighted by atomic mass is 32.2. The monoisotopic (exact) mass is 335 g/mol. The fraction of sp³-hybridized carbons (Fsp3) is 0.375. The molecule has 7 heteroatoms. The van der Waals surface area contributed by atoms with Gasteiger partial charge in [-0.05, 0) is 38.0 Å². The highest BCUT2D eigenvalue weighted by Crippen LogP contribution is 2.17. The van der Waals surface area contributed by atoms with Crippen LogP contribution in [0.5, 0.6) is 0 Å². The normalized spacial score (nSPS) is 11.4. The first kappa shape index (κ1) is 17.2. The molecule has 2 aromatic rings. The van der Waals surface area contributed by atoms with Crippen LogP contribution in [0.4, 0.5) is 4.79 Å². The topological polar surface area (TPSA) is 72.3 Å². The van der Waals surface area contributed by atoms with Crippen molar-refractivity contribution in [2.24, 2.45) is 0 Å². The lowest BCUT2D eigenvalue weighted by atomic mass is 10.1. The van der Waals surface area contributed by atoms with Gasteiger partial charge in [-0.25, -0.2) is 13.2 Å². The van der Waals surface area contributed by atoms with E-state index in [-0.39, 0.29) is 16.8 Å². The van der Waals surface area contributed by atoms with Crippen molar-refractivity contribution in [1.82, 2.24) is 14.7 Å². The third kappa shape index (κ3) is 3.79. The molecule has 2 rings (SSSR count). The van der Waals surface area contributed by atoms with E-state index in [1.807, 2.05) is 32.9 Å². The minimum atomic E-state index is -3.59. The summed E-state index contributed by atoms with van der Waals surface area (Å²) >= 11 is 0. The van der Waals surface area contributed by atoms with Gasteiger partial charge >= 0.3 is 6.03 Å². The standard InChI is InChI=1S/C16H21N3O3S/c1-4-18(5-2)16(20)19-11-10-15(17-19)23(21,22)12-14-9-7-6-8-13(14)3/h6-11H,4-5,12H2,1-3H3. The van der Waals surface area contributed by atoms with Crippen molar-refractivity contribution in [3.8, 4) is 0 Å². The Labute approximate surface area is 136 Å². The van der Waals surface area contributed by atoms with Crippen LogP contribution < -0.4 is 0 Å². The largest absolute Gasteiger partial charge is 0.344 e. The van der Waals surface area contributed by atoms with Crippen molar-refractivity contribution in [1.29, 1.82) is 0 Å². The van der Waals surface area contributed by atoms with E-state index >= 15 is 0 Å². The molecule has 0 aliphatic carbocycles. The van der Waals surface area contributed by atoms with E-state index in [0.717, 1.165) is 15.8 Å². The highest BCUT2D eigenvalue weighted by molar-refractivity contribution is 7.90. The molecule has 1 aromatic heterocycles. The summed E-state index contributed by atoms with van der Waals surface area (Å²) < 4.78 is 26.1. The highest BCUT2D eigenvalue weighted by Gasteiger charge is 2.22. The van der Waals surface area contributed by atoms with E-state index < -0.39 is 9.84 Å². The third-order valence-electron chi connectivity index (χ3n) is 3.72. The summed E-state index contributed by atoms with van der Waals surface area (Å²) in [5.74, 6) is -0.129. The lowest BCUT2D eigenvalue weighted by molar-refractivity contribution is 0.201. The van der Waals surface area contributed by atoms with Gasteiger partial charge in [0, 0.05) is 19.3 Å². The predicted octanol–water partition coefficient (Wildman–Crippen LogP) is 2.48. The van der Waals surface area contributed by atoms with Gasteiger partial charge in [-0.2, -0.15) is 9.78 Å². The van der Waals surface area contributed by atoms with Crippen LogP contribution in [-0.4, -0.2) is 42.2 Å². The van der Waals surface area contributed by atoms with Crippen molar-refractivity contribution < 1.29 is 13.2 Å². The first-order valence-electron chi connectivity index (χ1n) is 7.51. The summed E-state index contributed by atoms with van der Waals surface area (Å²) in [6.07, 6.45) is 1.39. The minimum absolute atomic E-state index is 0.0822. The van der Waals surface area contributed by atoms with E-state index in [4.69, 9.17) is 0 Å². The van der Waals surface area contributed by atoms with Gasteiger partial charge in [0.1, 0.15) is 0 Å². The third-order valence-corrected chi connectivity index (χ3v) is 5.27. The second kappa shape index (κ2) is 6.95. The van der Waals surface area contributed by atoms with Crippen LogP contribution in [0.1, 0.15) is 25.0 Å². The Morgan fingerprint density at radius 2 is 1.83 bits per heavy atom. The first-order valence-corrected chi connectivity index (χ1v) is 9.16. The number of nitrogens with zero attached hydrogens (tertiary/aromatic N) is 3. The minimum Gasteiger partial charge on any atom is -0.323 e. The Morgan fingerprint density at radius 3 is 2.43 bits per heavy atom. The second-order valence-electron chi connectivity index (χ2n) is 5.24. The summed E-state index contributed by atoms with van der Waals surface area (Å²) in [5, 5.41) is 3.88. The molecule has 0 N–H and O–H groups in total. The summed E-state index contributed by atoms with van der Waals surface area (Å²) in [5.41, 5.74) is 1.65. The maximum atomic E-state index is 12.5. The van der Waals surface area contributed by atoms with Gasteiger partial charge in [0.25, 0.3) is 0 Å². The van der Waals surface area contributed by atoms with Gasteiger partial charge < -0.3 is 4.90 Å². The molecule has 0 saturated carbocycles. The van der Waals surface area contributed by atoms with Gasteiger partial charge in [-0.1, -0.05) is 24.3 Å². The molecule has 0 bridgehead atoms. The number of carbonyl (C=O) groups excluding carboxylic acids is 1. The van der Waals surface area contributed by atoms with Gasteiger partial charge in [0.15, 0.2) is 5.03 Å². The molecule has 23 heavy (non-hydrogen) atoms. The van der Waals surface area contributed by atoms with E-state index in [1.165, 1.54) is 12.3 Å². The van der Waals surface area contributed by atoms with Gasteiger partial charge in [-0.15, -0.1) is 0 Å². The van der Waals surface area contributed by atoms with Crippen LogP contribution in [0.2, 0.25) is 0 Å². The number of carbonyl (C=O) groups is 1. The Hall–Kier alpha value is -2.15. The fourth-order valence-electron chi connectivity index (χ4n) is 2.27. The molecule has 0 atom stereocenters. The maximum absolute atomic E-state index is 12.5. The molecule has 0 fully saturated rings. The Morgan fingerprint density at radius 1 is 1.17 bits per heavy atom. The zero-order valence-corrected chi connectivity index (χ0v) is 14.4. The molecule has 1 heterocycles. The lowest BCUT2D eigenvalue weighted by Crippen LogP contribution is -2.34. The number of aryl methyl sites for hydroxylation is 1. The van der Waals surface area contributed by atoms with E-state index in [0.29, 0.717) is 13.1 Å². The van der Waals surface area contributed by atoms with Gasteiger partial charge in [-0.3, -0.25) is 0 Å². The molecule has 1 amide bonds. The van der Waals surface area contributed by atoms with E-state index in [9.17, 15) is 13.2 Å². The van der Waals surface area contributed by atoms with Crippen molar-refractivity contribution >= 4 is 15.9 Å². The lowest BCUT2D eigenvalue weighted by Gasteiger charge is -2.17. The van der Waals surface area contributed by atoms with Gasteiger partial charge in [0.05, 0.1) is 5.75 Å². The number of hydrogen-bond donors (Lipinski definition) is 0. The fourth-order valence-corrected chi connectivity index (χ4v) is 3.63. The Bertz CT molecular complexity index is 792. The average Bonchev–Trinajstić information content (AvgIpc) is 3.01. The zero-order valence-electron chi connectivity index (χ0n) is 13.6. The Balaban J connectivity index is 2.25. The molecular formula is C16H21N3O3S. The number of benzene rings is 1. The van der Waals surface area contributed by atoms with Crippen LogP contribution in [-0.2, 0) is 15.6 Å². The number of sulfone groups is 1. The van der Waals surface area contributed by atoms with Gasteiger partial charge in [0.2, 0.25) is 9.84 Å². The van der Waals surface area contributed by atoms with Crippen molar-refractivity contribution in [2.45, 2.75) is 31.6 Å². The molecular weight excluding hydrogens is 314 g/mol. The van der Waals surface area contributed by atoms with Crippen LogP contribution in [0.3, 0.4) is 0 Å². The van der Waals surface area contributed by atoms with Crippen LogP contribution in [0, 0.1) is 6.92 Å². The summed E-state index contributed by atoms with van der Waals surface area (Å²) in [4.78, 5) is 13.8. The molecule has 0 radical (unpaired) electrons. The second-order valence-corrected chi connectivity index (χ2v) is 7.18. The molecule has 0 saturated heterocycles. The zero-order chi connectivity index (χ0) is 17.0. The van der Waals surface area contributed by atoms with Crippen molar-refractivity contribution in [2.75, 3.05) is 13.1 Å². The molecule has 0 spiro atoms. The van der Waals surface area contributed by atoms with Crippen LogP contribution in [0.25, 0.3) is 0 Å². The van der Waals surface area contributed by atoms with Crippen LogP contribution >= 0.6 is 0 Å². The number of aromatic nitrogens is 2. The quantitative estimate of drug-likeness (QED) is 0.841. The maximum Gasteiger partial charge on any atom is 0.344 e. The number of amides is 1. The molecule has 0 aliphatic heterocycles. The van der Waals surface area contributed by atoms with E-state index in [2.05, 4.69) is 5.10 Å². The predicted molar refractivity (Wildman–Crippen MR) is 88.0 cm³/mol. The van der Waals surface area contributed by atoms with Crippen molar-refractivity contribution in [3.05, 3.63) is 47.7 Å². The summed E-state index contributed by atoms with van der Waals surface area (Å²) in [6.45, 7) is 6.68. The average molecular weight is 335 g/mol. The molecule has 0 unspecified atom stereocenters. The first-order chi connectivity index (χ1) is 10.9. The summed E-state index contributed by atoms with van der Waals surface area (Å²) in [6, 6.07) is 8.36. The van der Waals surface area contributed by atoms with Crippen molar-refractivity contribution in [3.63, 3.8) is 0 Å². The van der Waals surface area contributed by atoms with E-state index in [1.54, 1.807) is 17.0 Å².